The topological polar surface area (TPSA) is 95.9 Å². The van der Waals surface area contributed by atoms with E-state index in [9.17, 15) is 9.90 Å². The Morgan fingerprint density at radius 1 is 1.29 bits per heavy atom. The second kappa shape index (κ2) is 7.50. The predicted molar refractivity (Wildman–Crippen MR) is 79.6 cm³/mol. The standard InChI is InChI=1S/C14H10N2O2S.Ba.H2O/c1-8-2-3-15-6-11(8)10-4-9(14(17)18)5-12-13(10)19-7-16-12;;/h2-7H,1H3,(H,17,18);;1H2/q;+2;/p-2. The van der Waals surface area contributed by atoms with Gasteiger partial charge in [0.05, 0.1) is 21.7 Å². The zero-order chi connectivity index (χ0) is 13.4. The first kappa shape index (κ1) is 18.3. The number of carboxylic acids is 1. The third-order valence-electron chi connectivity index (χ3n) is 3.00. The largest absolute Gasteiger partial charge is 2.00 e. The third-order valence-corrected chi connectivity index (χ3v) is 3.87. The van der Waals surface area contributed by atoms with Gasteiger partial charge in [0.1, 0.15) is 0 Å². The molecule has 3 aromatic rings. The molecule has 0 aliphatic carbocycles. The van der Waals surface area contributed by atoms with Crippen LogP contribution in [0.25, 0.3) is 21.3 Å². The Kier molecular flexibility index (Phi) is 6.54. The summed E-state index contributed by atoms with van der Waals surface area (Å²) in [6.45, 7) is 1.97. The molecule has 3 rings (SSSR count). The summed E-state index contributed by atoms with van der Waals surface area (Å²) in [6.07, 6.45) is 3.45. The van der Waals surface area contributed by atoms with Crippen molar-refractivity contribution >= 4 is 76.4 Å². The molecule has 0 spiro atoms. The molecule has 5 nitrogen and oxygen atoms in total. The normalized spacial score (nSPS) is 9.76. The SMILES string of the molecule is Cc1ccncc1-c1cc(C(=O)[O-])cc2ncsc12.[Ba+2].[OH-]. The van der Waals surface area contributed by atoms with Gasteiger partial charge in [0, 0.05) is 29.1 Å². The van der Waals surface area contributed by atoms with Crippen LogP contribution in [0.1, 0.15) is 15.9 Å². The van der Waals surface area contributed by atoms with Crippen LogP contribution in [0.15, 0.2) is 36.1 Å². The number of hydrogen-bond acceptors (Lipinski definition) is 6. The Bertz CT molecular complexity index is 789. The van der Waals surface area contributed by atoms with Crippen LogP contribution < -0.4 is 5.11 Å². The second-order valence-corrected chi connectivity index (χ2v) is 5.06. The maximum atomic E-state index is 11.1. The Hall–Kier alpha value is -0.739. The maximum Gasteiger partial charge on any atom is 2.00 e. The number of hydrogen-bond donors (Lipinski definition) is 0. The van der Waals surface area contributed by atoms with E-state index in [1.54, 1.807) is 24.0 Å². The van der Waals surface area contributed by atoms with Crippen molar-refractivity contribution in [2.75, 3.05) is 0 Å². The van der Waals surface area contributed by atoms with Crippen molar-refractivity contribution in [1.29, 1.82) is 0 Å². The number of carbonyl (C=O) groups is 1. The van der Waals surface area contributed by atoms with Gasteiger partial charge in [-0.15, -0.1) is 11.3 Å². The predicted octanol–water partition coefficient (Wildman–Crippen LogP) is 1.47. The van der Waals surface area contributed by atoms with Crippen LogP contribution >= 0.6 is 11.3 Å². The molecule has 102 valence electrons. The molecule has 0 radical (unpaired) electrons. The summed E-state index contributed by atoms with van der Waals surface area (Å²) in [6, 6.07) is 5.06. The van der Waals surface area contributed by atoms with Crippen molar-refractivity contribution in [3.05, 3.63) is 47.2 Å². The van der Waals surface area contributed by atoms with Crippen molar-refractivity contribution in [1.82, 2.24) is 9.97 Å². The quantitative estimate of drug-likeness (QED) is 0.582. The zero-order valence-corrected chi connectivity index (χ0v) is 16.5. The number of carboxylic acid groups (broad SMARTS) is 1. The number of aromatic carboxylic acids is 1. The number of rotatable bonds is 2. The van der Waals surface area contributed by atoms with Crippen LogP contribution in [-0.4, -0.2) is 70.3 Å². The average molecular weight is 424 g/mol. The van der Waals surface area contributed by atoms with E-state index < -0.39 is 5.97 Å². The van der Waals surface area contributed by atoms with Gasteiger partial charge in [-0.05, 0) is 30.7 Å². The maximum absolute atomic E-state index is 11.1. The van der Waals surface area contributed by atoms with E-state index in [4.69, 9.17) is 0 Å². The van der Waals surface area contributed by atoms with Gasteiger partial charge in [-0.3, -0.25) is 4.98 Å². The molecule has 0 saturated heterocycles. The van der Waals surface area contributed by atoms with Crippen molar-refractivity contribution in [3.63, 3.8) is 0 Å². The van der Waals surface area contributed by atoms with Gasteiger partial charge in [-0.2, -0.15) is 0 Å². The number of carbonyl (C=O) groups excluding carboxylic acids is 1. The molecule has 2 heterocycles. The molecule has 2 aromatic heterocycles. The number of thiazole rings is 1. The van der Waals surface area contributed by atoms with E-state index in [2.05, 4.69) is 9.97 Å². The zero-order valence-electron chi connectivity index (χ0n) is 11.2. The molecular formula is C14H10BaN2O3S. The van der Waals surface area contributed by atoms with E-state index in [1.165, 1.54) is 17.4 Å². The van der Waals surface area contributed by atoms with Gasteiger partial charge in [-0.1, -0.05) is 0 Å². The van der Waals surface area contributed by atoms with Gasteiger partial charge >= 0.3 is 48.9 Å². The van der Waals surface area contributed by atoms with Crippen LogP contribution in [0.4, 0.5) is 0 Å². The summed E-state index contributed by atoms with van der Waals surface area (Å²) in [5.41, 5.74) is 5.31. The number of pyridine rings is 1. The van der Waals surface area contributed by atoms with Crippen molar-refractivity contribution in [2.45, 2.75) is 6.92 Å². The minimum atomic E-state index is -1.20. The monoisotopic (exact) mass is 424 g/mol. The fraction of sp³-hybridized carbons (Fsp3) is 0.0714. The minimum absolute atomic E-state index is 0. The molecule has 1 aromatic carbocycles. The summed E-state index contributed by atoms with van der Waals surface area (Å²) >= 11 is 1.49. The summed E-state index contributed by atoms with van der Waals surface area (Å²) < 4.78 is 0.959. The second-order valence-electron chi connectivity index (χ2n) is 4.20. The van der Waals surface area contributed by atoms with E-state index in [0.717, 1.165) is 21.4 Å². The van der Waals surface area contributed by atoms with Gasteiger partial charge in [0.2, 0.25) is 0 Å². The van der Waals surface area contributed by atoms with Crippen molar-refractivity contribution in [3.8, 4) is 11.1 Å². The number of aromatic nitrogens is 2. The van der Waals surface area contributed by atoms with Crippen LogP contribution in [-0.2, 0) is 0 Å². The van der Waals surface area contributed by atoms with Gasteiger partial charge < -0.3 is 15.4 Å². The Morgan fingerprint density at radius 2 is 2.05 bits per heavy atom. The van der Waals surface area contributed by atoms with Crippen LogP contribution in [0.2, 0.25) is 0 Å². The van der Waals surface area contributed by atoms with E-state index in [0.29, 0.717) is 5.52 Å². The van der Waals surface area contributed by atoms with E-state index in [1.807, 2.05) is 13.0 Å². The summed E-state index contributed by atoms with van der Waals surface area (Å²) in [5, 5.41) is 11.1. The van der Waals surface area contributed by atoms with Crippen molar-refractivity contribution < 1.29 is 15.4 Å². The number of benzene rings is 1. The van der Waals surface area contributed by atoms with Gasteiger partial charge in [0.25, 0.3) is 0 Å². The molecule has 0 fully saturated rings. The smallest absolute Gasteiger partial charge is 0.870 e. The van der Waals surface area contributed by atoms with Crippen LogP contribution in [0.5, 0.6) is 0 Å². The first-order valence-electron chi connectivity index (χ1n) is 5.66. The minimum Gasteiger partial charge on any atom is -0.870 e. The molecule has 0 atom stereocenters. The fourth-order valence-electron chi connectivity index (χ4n) is 2.03. The third kappa shape index (κ3) is 3.54. The first-order valence-corrected chi connectivity index (χ1v) is 6.54. The molecule has 0 aliphatic rings. The molecule has 0 saturated carbocycles. The number of nitrogens with zero attached hydrogens (tertiary/aromatic N) is 2. The molecule has 0 amide bonds. The molecule has 7 heteroatoms. The molecule has 1 N–H and O–H groups in total. The first-order chi connectivity index (χ1) is 9.16. The number of fused-ring (bicyclic) bond motifs is 1. The van der Waals surface area contributed by atoms with Crippen LogP contribution in [0, 0.1) is 6.92 Å². The van der Waals surface area contributed by atoms with Crippen LogP contribution in [0.3, 0.4) is 0 Å². The molecule has 0 unspecified atom stereocenters. The molecule has 0 aliphatic heterocycles. The van der Waals surface area contributed by atoms with E-state index in [-0.39, 0.29) is 59.9 Å². The molecule has 0 bridgehead atoms. The Labute approximate surface area is 165 Å². The molecule has 21 heavy (non-hydrogen) atoms. The fourth-order valence-corrected chi connectivity index (χ4v) is 2.83. The summed E-state index contributed by atoms with van der Waals surface area (Å²) in [4.78, 5) is 19.4. The number of aryl methyl sites for hydroxylation is 1. The summed E-state index contributed by atoms with van der Waals surface area (Å²) in [7, 11) is 0. The Morgan fingerprint density at radius 3 is 2.71 bits per heavy atom. The molecular weight excluding hydrogens is 414 g/mol. The average Bonchev–Trinajstić information content (AvgIpc) is 2.86. The van der Waals surface area contributed by atoms with Crippen molar-refractivity contribution in [2.24, 2.45) is 0 Å². The Balaban J connectivity index is 0.00000110. The van der Waals surface area contributed by atoms with E-state index >= 15 is 0 Å². The summed E-state index contributed by atoms with van der Waals surface area (Å²) in [5.74, 6) is -1.20. The van der Waals surface area contributed by atoms with Gasteiger partial charge in [0.15, 0.2) is 0 Å². The van der Waals surface area contributed by atoms with Gasteiger partial charge in [-0.25, -0.2) is 4.98 Å².